The summed E-state index contributed by atoms with van der Waals surface area (Å²) < 4.78 is 5.92. The second-order valence-corrected chi connectivity index (χ2v) is 6.09. The molecular weight excluding hydrogens is 262 g/mol. The van der Waals surface area contributed by atoms with Crippen LogP contribution in [0.4, 0.5) is 0 Å². The molecule has 2 aromatic rings. The molecule has 0 aliphatic carbocycles. The van der Waals surface area contributed by atoms with Gasteiger partial charge in [-0.1, -0.05) is 32.0 Å². The van der Waals surface area contributed by atoms with Crippen molar-refractivity contribution in [3.8, 4) is 0 Å². The van der Waals surface area contributed by atoms with Gasteiger partial charge in [-0.15, -0.1) is 0 Å². The quantitative estimate of drug-likeness (QED) is 0.898. The average molecular weight is 287 g/mol. The molecule has 3 heteroatoms. The first-order valence-electron chi connectivity index (χ1n) is 8.13. The van der Waals surface area contributed by atoms with Crippen molar-refractivity contribution in [2.45, 2.75) is 51.2 Å². The highest BCUT2D eigenvalue weighted by Gasteiger charge is 2.43. The summed E-state index contributed by atoms with van der Waals surface area (Å²) >= 11 is 0. The molecule has 0 spiro atoms. The van der Waals surface area contributed by atoms with E-state index in [1.54, 1.807) is 0 Å². The molecule has 1 unspecified atom stereocenters. The lowest BCUT2D eigenvalue weighted by molar-refractivity contribution is -0.0393. The number of benzene rings is 1. The van der Waals surface area contributed by atoms with E-state index in [9.17, 15) is 5.11 Å². The first-order valence-corrected chi connectivity index (χ1v) is 8.13. The van der Waals surface area contributed by atoms with Crippen LogP contribution in [0, 0.1) is 0 Å². The van der Waals surface area contributed by atoms with Gasteiger partial charge in [-0.3, -0.25) is 4.90 Å². The van der Waals surface area contributed by atoms with Gasteiger partial charge >= 0.3 is 0 Å². The fourth-order valence-electron chi connectivity index (χ4n) is 3.82. The third kappa shape index (κ3) is 2.39. The Labute approximate surface area is 126 Å². The molecule has 1 aromatic carbocycles. The zero-order valence-corrected chi connectivity index (χ0v) is 13.0. The fourth-order valence-corrected chi connectivity index (χ4v) is 3.82. The molecule has 0 bridgehead atoms. The summed E-state index contributed by atoms with van der Waals surface area (Å²) in [5.74, 6) is 0.701. The van der Waals surface area contributed by atoms with E-state index in [1.807, 2.05) is 30.3 Å². The summed E-state index contributed by atoms with van der Waals surface area (Å²) in [6.07, 6.45) is 3.75. The molecule has 0 radical (unpaired) electrons. The molecule has 1 atom stereocenters. The van der Waals surface area contributed by atoms with Crippen LogP contribution in [-0.4, -0.2) is 28.6 Å². The Balaban J connectivity index is 1.98. The predicted octanol–water partition coefficient (Wildman–Crippen LogP) is 4.12. The summed E-state index contributed by atoms with van der Waals surface area (Å²) in [5.41, 5.74) is 0.652. The van der Waals surface area contributed by atoms with Crippen LogP contribution in [0.2, 0.25) is 0 Å². The van der Waals surface area contributed by atoms with E-state index >= 15 is 0 Å². The van der Waals surface area contributed by atoms with Crippen LogP contribution < -0.4 is 0 Å². The largest absolute Gasteiger partial charge is 0.458 e. The summed E-state index contributed by atoms with van der Waals surface area (Å²) in [4.78, 5) is 2.46. The van der Waals surface area contributed by atoms with E-state index in [0.29, 0.717) is 5.76 Å². The van der Waals surface area contributed by atoms with Gasteiger partial charge in [0.1, 0.15) is 17.4 Å². The number of aliphatic hydroxyl groups is 1. The van der Waals surface area contributed by atoms with Crippen molar-refractivity contribution >= 4 is 11.0 Å². The van der Waals surface area contributed by atoms with E-state index < -0.39 is 6.10 Å². The molecule has 2 heterocycles. The third-order valence-electron chi connectivity index (χ3n) is 5.18. The van der Waals surface area contributed by atoms with Crippen LogP contribution in [-0.2, 0) is 0 Å². The van der Waals surface area contributed by atoms with E-state index in [2.05, 4.69) is 18.7 Å². The molecule has 114 valence electrons. The van der Waals surface area contributed by atoms with Crippen LogP contribution in [0.25, 0.3) is 11.0 Å². The highest BCUT2D eigenvalue weighted by atomic mass is 16.4. The Morgan fingerprint density at radius 2 is 1.86 bits per heavy atom. The van der Waals surface area contributed by atoms with Gasteiger partial charge < -0.3 is 9.52 Å². The monoisotopic (exact) mass is 287 g/mol. The second-order valence-electron chi connectivity index (χ2n) is 6.09. The van der Waals surface area contributed by atoms with E-state index in [1.165, 1.54) is 12.8 Å². The number of likely N-dealkylation sites (tertiary alicyclic amines) is 1. The smallest absolute Gasteiger partial charge is 0.135 e. The van der Waals surface area contributed by atoms with Crippen LogP contribution in [0.15, 0.2) is 34.7 Å². The van der Waals surface area contributed by atoms with Gasteiger partial charge in [0.25, 0.3) is 0 Å². The Hall–Kier alpha value is -1.32. The molecule has 1 aromatic heterocycles. The molecule has 1 fully saturated rings. The van der Waals surface area contributed by atoms with Gasteiger partial charge in [-0.05, 0) is 50.9 Å². The van der Waals surface area contributed by atoms with Crippen molar-refractivity contribution in [1.29, 1.82) is 0 Å². The van der Waals surface area contributed by atoms with Crippen molar-refractivity contribution in [2.75, 3.05) is 13.1 Å². The first-order chi connectivity index (χ1) is 10.2. The van der Waals surface area contributed by atoms with Crippen molar-refractivity contribution in [3.05, 3.63) is 36.1 Å². The lowest BCUT2D eigenvalue weighted by Crippen LogP contribution is -2.50. The maximum atomic E-state index is 11.1. The van der Waals surface area contributed by atoms with Crippen molar-refractivity contribution in [1.82, 2.24) is 4.90 Å². The Bertz CT molecular complexity index is 561. The zero-order valence-electron chi connectivity index (χ0n) is 13.0. The third-order valence-corrected chi connectivity index (χ3v) is 5.18. The minimum Gasteiger partial charge on any atom is -0.458 e. The van der Waals surface area contributed by atoms with Gasteiger partial charge in [-0.25, -0.2) is 0 Å². The number of furan rings is 1. The molecule has 1 saturated heterocycles. The lowest BCUT2D eigenvalue weighted by Gasteiger charge is -2.43. The molecular formula is C18H25NO2. The summed E-state index contributed by atoms with van der Waals surface area (Å²) in [6.45, 7) is 6.51. The molecule has 0 amide bonds. The molecule has 1 N–H and O–H groups in total. The number of aliphatic hydroxyl groups excluding tert-OH is 1. The van der Waals surface area contributed by atoms with Crippen LogP contribution >= 0.6 is 0 Å². The van der Waals surface area contributed by atoms with Gasteiger partial charge in [0.15, 0.2) is 0 Å². The van der Waals surface area contributed by atoms with Crippen LogP contribution in [0.5, 0.6) is 0 Å². The number of hydrogen-bond acceptors (Lipinski definition) is 3. The normalized spacial score (nSPS) is 18.4. The standard InChI is InChI=1S/C18H25NO2/c1-3-18(4-2,19-11-7-8-12-19)17(20)16-13-14-9-5-6-10-15(14)21-16/h5-6,9-10,13,17,20H,3-4,7-8,11-12H2,1-2H3. The number of nitrogens with zero attached hydrogens (tertiary/aromatic N) is 1. The lowest BCUT2D eigenvalue weighted by atomic mass is 9.83. The zero-order chi connectivity index (χ0) is 14.9. The Morgan fingerprint density at radius 1 is 1.19 bits per heavy atom. The summed E-state index contributed by atoms with van der Waals surface area (Å²) in [6, 6.07) is 9.96. The molecule has 1 aliphatic heterocycles. The molecule has 0 saturated carbocycles. The average Bonchev–Trinajstić information content (AvgIpc) is 3.18. The van der Waals surface area contributed by atoms with Gasteiger partial charge in [0, 0.05) is 5.39 Å². The first kappa shape index (κ1) is 14.6. The molecule has 3 nitrogen and oxygen atoms in total. The van der Waals surface area contributed by atoms with Gasteiger partial charge in [-0.2, -0.15) is 0 Å². The number of hydrogen-bond donors (Lipinski definition) is 1. The maximum Gasteiger partial charge on any atom is 0.135 e. The SMILES string of the molecule is CCC(CC)(C(O)c1cc2ccccc2o1)N1CCCC1. The predicted molar refractivity (Wildman–Crippen MR) is 85.3 cm³/mol. The summed E-state index contributed by atoms with van der Waals surface area (Å²) in [7, 11) is 0. The van der Waals surface area contributed by atoms with Crippen LogP contribution in [0.1, 0.15) is 51.4 Å². The van der Waals surface area contributed by atoms with Crippen molar-refractivity contribution in [3.63, 3.8) is 0 Å². The summed E-state index contributed by atoms with van der Waals surface area (Å²) in [5, 5.41) is 12.1. The van der Waals surface area contributed by atoms with Gasteiger partial charge in [0.2, 0.25) is 0 Å². The van der Waals surface area contributed by atoms with E-state index in [4.69, 9.17) is 4.42 Å². The topological polar surface area (TPSA) is 36.6 Å². The number of para-hydroxylation sites is 1. The number of fused-ring (bicyclic) bond motifs is 1. The minimum absolute atomic E-state index is 0.204. The second kappa shape index (κ2) is 5.82. The van der Waals surface area contributed by atoms with Gasteiger partial charge in [0.05, 0.1) is 5.54 Å². The molecule has 1 aliphatic rings. The van der Waals surface area contributed by atoms with E-state index in [-0.39, 0.29) is 5.54 Å². The van der Waals surface area contributed by atoms with E-state index in [0.717, 1.165) is 36.9 Å². The Kier molecular flexibility index (Phi) is 4.05. The van der Waals surface area contributed by atoms with Crippen LogP contribution in [0.3, 0.4) is 0 Å². The highest BCUT2D eigenvalue weighted by molar-refractivity contribution is 5.77. The van der Waals surface area contributed by atoms with Crippen molar-refractivity contribution < 1.29 is 9.52 Å². The minimum atomic E-state index is -0.571. The number of rotatable bonds is 5. The fraction of sp³-hybridized carbons (Fsp3) is 0.556. The molecule has 21 heavy (non-hydrogen) atoms. The maximum absolute atomic E-state index is 11.1. The Morgan fingerprint density at radius 3 is 2.48 bits per heavy atom. The molecule has 3 rings (SSSR count). The highest BCUT2D eigenvalue weighted by Crippen LogP contribution is 2.40. The van der Waals surface area contributed by atoms with Crippen molar-refractivity contribution in [2.24, 2.45) is 0 Å².